The second kappa shape index (κ2) is 4.00. The van der Waals surface area contributed by atoms with Gasteiger partial charge in [-0.15, -0.1) is 0 Å². The smallest absolute Gasteiger partial charge is 0.148 e. The second-order valence-electron chi connectivity index (χ2n) is 4.00. The Hall–Kier alpha value is -1.78. The van der Waals surface area contributed by atoms with E-state index in [9.17, 15) is 0 Å². The average Bonchev–Trinajstić information content (AvgIpc) is 2.73. The van der Waals surface area contributed by atoms with Crippen molar-refractivity contribution in [1.29, 1.82) is 0 Å². The number of aromatic nitrogens is 4. The molecule has 0 amide bonds. The van der Waals surface area contributed by atoms with Crippen LogP contribution in [-0.4, -0.2) is 19.6 Å². The Morgan fingerprint density at radius 1 is 1.38 bits per heavy atom. The van der Waals surface area contributed by atoms with E-state index in [1.165, 1.54) is 0 Å². The Bertz CT molecular complexity index is 475. The lowest BCUT2D eigenvalue weighted by atomic mass is 10.3. The first-order chi connectivity index (χ1) is 7.60. The van der Waals surface area contributed by atoms with E-state index in [0.29, 0.717) is 12.4 Å². The zero-order valence-electron chi connectivity index (χ0n) is 9.94. The summed E-state index contributed by atoms with van der Waals surface area (Å²) in [5.74, 6) is 0.595. The van der Waals surface area contributed by atoms with E-state index < -0.39 is 0 Å². The van der Waals surface area contributed by atoms with E-state index >= 15 is 0 Å². The highest BCUT2D eigenvalue weighted by molar-refractivity contribution is 5.35. The summed E-state index contributed by atoms with van der Waals surface area (Å²) < 4.78 is 3.74. The minimum Gasteiger partial charge on any atom is -0.382 e. The van der Waals surface area contributed by atoms with Gasteiger partial charge in [0.15, 0.2) is 0 Å². The Balaban J connectivity index is 2.23. The lowest BCUT2D eigenvalue weighted by Gasteiger charge is -2.01. The fraction of sp³-hybridized carbons (Fsp3) is 0.455. The Kier molecular flexibility index (Phi) is 2.68. The Morgan fingerprint density at radius 3 is 2.62 bits per heavy atom. The molecule has 5 nitrogen and oxygen atoms in total. The van der Waals surface area contributed by atoms with Crippen molar-refractivity contribution < 1.29 is 0 Å². The van der Waals surface area contributed by atoms with Gasteiger partial charge < -0.3 is 5.73 Å². The number of nitrogen functional groups attached to an aromatic ring is 1. The van der Waals surface area contributed by atoms with Crippen molar-refractivity contribution in [2.24, 2.45) is 7.05 Å². The predicted molar refractivity (Wildman–Crippen MR) is 63.1 cm³/mol. The van der Waals surface area contributed by atoms with Crippen LogP contribution >= 0.6 is 0 Å². The third kappa shape index (κ3) is 1.93. The first-order valence-corrected chi connectivity index (χ1v) is 5.41. The van der Waals surface area contributed by atoms with Gasteiger partial charge in [0.05, 0.1) is 17.9 Å². The lowest BCUT2D eigenvalue weighted by Crippen LogP contribution is -2.06. The molecule has 5 heteroatoms. The van der Waals surface area contributed by atoms with E-state index in [0.717, 1.165) is 23.4 Å². The molecule has 2 rings (SSSR count). The van der Waals surface area contributed by atoms with Gasteiger partial charge in [-0.2, -0.15) is 10.2 Å². The number of hydrogen-bond donors (Lipinski definition) is 1. The summed E-state index contributed by atoms with van der Waals surface area (Å²) in [5, 5.41) is 8.63. The molecule has 0 aliphatic rings. The van der Waals surface area contributed by atoms with Gasteiger partial charge in [-0.25, -0.2) is 0 Å². The molecule has 0 aliphatic heterocycles. The van der Waals surface area contributed by atoms with Gasteiger partial charge in [-0.1, -0.05) is 6.92 Å². The quantitative estimate of drug-likeness (QED) is 0.841. The normalized spacial score (nSPS) is 10.9. The molecule has 2 aromatic rings. The third-order valence-corrected chi connectivity index (χ3v) is 2.70. The van der Waals surface area contributed by atoms with Crippen LogP contribution in [0.5, 0.6) is 0 Å². The summed E-state index contributed by atoms with van der Waals surface area (Å²) in [5.41, 5.74) is 8.97. The summed E-state index contributed by atoms with van der Waals surface area (Å²) in [6.07, 6.45) is 2.90. The molecule has 0 fully saturated rings. The van der Waals surface area contributed by atoms with Crippen molar-refractivity contribution >= 4 is 5.82 Å². The van der Waals surface area contributed by atoms with E-state index in [1.807, 2.05) is 29.5 Å². The number of aryl methyl sites for hydroxylation is 3. The minimum absolute atomic E-state index is 0.595. The fourth-order valence-electron chi connectivity index (χ4n) is 1.68. The fourth-order valence-corrected chi connectivity index (χ4v) is 1.68. The molecule has 2 aromatic heterocycles. The van der Waals surface area contributed by atoms with Gasteiger partial charge in [0, 0.05) is 18.8 Å². The van der Waals surface area contributed by atoms with E-state index in [1.54, 1.807) is 0 Å². The van der Waals surface area contributed by atoms with E-state index in [2.05, 4.69) is 23.2 Å². The van der Waals surface area contributed by atoms with Crippen LogP contribution in [0.15, 0.2) is 12.3 Å². The third-order valence-electron chi connectivity index (χ3n) is 2.70. The Labute approximate surface area is 94.9 Å². The minimum atomic E-state index is 0.595. The van der Waals surface area contributed by atoms with Crippen molar-refractivity contribution in [1.82, 2.24) is 19.6 Å². The molecule has 0 spiro atoms. The number of anilines is 1. The van der Waals surface area contributed by atoms with Gasteiger partial charge in [-0.05, 0) is 19.4 Å². The Morgan fingerprint density at radius 2 is 2.12 bits per heavy atom. The van der Waals surface area contributed by atoms with Crippen LogP contribution in [0.3, 0.4) is 0 Å². The molecule has 86 valence electrons. The zero-order valence-corrected chi connectivity index (χ0v) is 9.94. The van der Waals surface area contributed by atoms with Gasteiger partial charge >= 0.3 is 0 Å². The molecule has 0 unspecified atom stereocenters. The van der Waals surface area contributed by atoms with Gasteiger partial charge in [0.2, 0.25) is 0 Å². The van der Waals surface area contributed by atoms with Gasteiger partial charge in [0.1, 0.15) is 5.82 Å². The highest BCUT2D eigenvalue weighted by Gasteiger charge is 2.06. The zero-order chi connectivity index (χ0) is 11.7. The topological polar surface area (TPSA) is 61.7 Å². The van der Waals surface area contributed by atoms with Gasteiger partial charge in [-0.3, -0.25) is 9.36 Å². The van der Waals surface area contributed by atoms with Crippen molar-refractivity contribution in [3.05, 3.63) is 29.2 Å². The number of nitrogens with zero attached hydrogens (tertiary/aromatic N) is 4. The first kappa shape index (κ1) is 10.7. The number of rotatable bonds is 3. The SMILES string of the molecule is CCc1cc(Cn2cc(C)c(N)n2)n(C)n1. The number of nitrogens with two attached hydrogens (primary N) is 1. The van der Waals surface area contributed by atoms with Crippen LogP contribution in [-0.2, 0) is 20.0 Å². The molecule has 2 heterocycles. The summed E-state index contributed by atoms with van der Waals surface area (Å²) in [6.45, 7) is 4.77. The summed E-state index contributed by atoms with van der Waals surface area (Å²) in [7, 11) is 1.95. The second-order valence-corrected chi connectivity index (χ2v) is 4.00. The standard InChI is InChI=1S/C11H17N5/c1-4-9-5-10(15(3)13-9)7-16-6-8(2)11(12)14-16/h5-6H,4,7H2,1-3H3,(H2,12,14). The highest BCUT2D eigenvalue weighted by Crippen LogP contribution is 2.10. The van der Waals surface area contributed by atoms with Crippen LogP contribution in [0.25, 0.3) is 0 Å². The molecule has 0 aromatic carbocycles. The van der Waals surface area contributed by atoms with Crippen molar-refractivity contribution in [3.8, 4) is 0 Å². The monoisotopic (exact) mass is 219 g/mol. The number of hydrogen-bond acceptors (Lipinski definition) is 3. The van der Waals surface area contributed by atoms with E-state index in [4.69, 9.17) is 5.73 Å². The first-order valence-electron chi connectivity index (χ1n) is 5.41. The molecule has 0 aliphatic carbocycles. The summed E-state index contributed by atoms with van der Waals surface area (Å²) in [6, 6.07) is 2.10. The van der Waals surface area contributed by atoms with Crippen molar-refractivity contribution in [2.75, 3.05) is 5.73 Å². The molecule has 0 saturated carbocycles. The van der Waals surface area contributed by atoms with Crippen LogP contribution in [0, 0.1) is 6.92 Å². The molecule has 0 radical (unpaired) electrons. The summed E-state index contributed by atoms with van der Waals surface area (Å²) >= 11 is 0. The molecule has 0 saturated heterocycles. The molecular weight excluding hydrogens is 202 g/mol. The van der Waals surface area contributed by atoms with Crippen LogP contribution in [0.1, 0.15) is 23.9 Å². The maximum absolute atomic E-state index is 5.71. The largest absolute Gasteiger partial charge is 0.382 e. The van der Waals surface area contributed by atoms with Crippen molar-refractivity contribution in [2.45, 2.75) is 26.8 Å². The lowest BCUT2D eigenvalue weighted by molar-refractivity contribution is 0.619. The van der Waals surface area contributed by atoms with Crippen LogP contribution < -0.4 is 5.73 Å². The average molecular weight is 219 g/mol. The maximum Gasteiger partial charge on any atom is 0.148 e. The summed E-state index contributed by atoms with van der Waals surface area (Å²) in [4.78, 5) is 0. The molecule has 2 N–H and O–H groups in total. The van der Waals surface area contributed by atoms with Crippen LogP contribution in [0.4, 0.5) is 5.82 Å². The maximum atomic E-state index is 5.71. The molecule has 16 heavy (non-hydrogen) atoms. The van der Waals surface area contributed by atoms with Gasteiger partial charge in [0.25, 0.3) is 0 Å². The van der Waals surface area contributed by atoms with Crippen molar-refractivity contribution in [3.63, 3.8) is 0 Å². The molecule has 0 bridgehead atoms. The molecular formula is C11H17N5. The van der Waals surface area contributed by atoms with E-state index in [-0.39, 0.29) is 0 Å². The highest BCUT2D eigenvalue weighted by atomic mass is 15.3. The van der Waals surface area contributed by atoms with Crippen LogP contribution in [0.2, 0.25) is 0 Å². The molecule has 0 atom stereocenters. The predicted octanol–water partition coefficient (Wildman–Crippen LogP) is 1.12.